The summed E-state index contributed by atoms with van der Waals surface area (Å²) in [5.41, 5.74) is 2.19. The standard InChI is InChI=1S/C22H20N4O3/c1-2-26-15-23-25-21(26)16-7-6-8-18(13-16)24-22(27)20-17(11-12-28-20)14-29-19-9-4-3-5-10-19/h3-13,15H,2,14H2,1H3,(H,24,27). The van der Waals surface area contributed by atoms with Gasteiger partial charge in [-0.3, -0.25) is 4.79 Å². The lowest BCUT2D eigenvalue weighted by atomic mass is 10.1. The summed E-state index contributed by atoms with van der Waals surface area (Å²) in [6.45, 7) is 3.02. The second-order valence-corrected chi connectivity index (χ2v) is 6.35. The van der Waals surface area contributed by atoms with Crippen LogP contribution in [0.5, 0.6) is 5.75 Å². The second-order valence-electron chi connectivity index (χ2n) is 6.35. The van der Waals surface area contributed by atoms with Gasteiger partial charge in [-0.15, -0.1) is 10.2 Å². The number of rotatable bonds is 7. The molecule has 0 saturated heterocycles. The first-order valence-corrected chi connectivity index (χ1v) is 9.28. The number of benzene rings is 2. The zero-order valence-electron chi connectivity index (χ0n) is 15.9. The number of carbonyl (C=O) groups is 1. The number of amides is 1. The average Bonchev–Trinajstić information content (AvgIpc) is 3.42. The number of carbonyl (C=O) groups excluding carboxylic acids is 1. The van der Waals surface area contributed by atoms with Crippen LogP contribution in [0.1, 0.15) is 23.0 Å². The Morgan fingerprint density at radius 1 is 1.14 bits per heavy atom. The van der Waals surface area contributed by atoms with Gasteiger partial charge in [0.15, 0.2) is 11.6 Å². The molecule has 0 unspecified atom stereocenters. The van der Waals surface area contributed by atoms with Crippen LogP contribution in [0.2, 0.25) is 0 Å². The van der Waals surface area contributed by atoms with E-state index in [1.165, 1.54) is 6.26 Å². The Balaban J connectivity index is 1.48. The minimum absolute atomic E-state index is 0.225. The highest BCUT2D eigenvalue weighted by Gasteiger charge is 2.17. The number of para-hydroxylation sites is 1. The lowest BCUT2D eigenvalue weighted by Gasteiger charge is -2.09. The van der Waals surface area contributed by atoms with Gasteiger partial charge in [-0.25, -0.2) is 0 Å². The highest BCUT2D eigenvalue weighted by Crippen LogP contribution is 2.22. The van der Waals surface area contributed by atoms with Crippen molar-refractivity contribution in [3.05, 3.63) is 84.6 Å². The molecule has 0 spiro atoms. The van der Waals surface area contributed by atoms with Crippen molar-refractivity contribution in [2.45, 2.75) is 20.1 Å². The molecular formula is C22H20N4O3. The highest BCUT2D eigenvalue weighted by atomic mass is 16.5. The van der Waals surface area contributed by atoms with Gasteiger partial charge < -0.3 is 19.0 Å². The van der Waals surface area contributed by atoms with Crippen LogP contribution >= 0.6 is 0 Å². The van der Waals surface area contributed by atoms with E-state index in [-0.39, 0.29) is 18.3 Å². The maximum Gasteiger partial charge on any atom is 0.291 e. The fourth-order valence-electron chi connectivity index (χ4n) is 2.96. The molecule has 29 heavy (non-hydrogen) atoms. The van der Waals surface area contributed by atoms with Gasteiger partial charge in [0.1, 0.15) is 18.7 Å². The summed E-state index contributed by atoms with van der Waals surface area (Å²) in [7, 11) is 0. The lowest BCUT2D eigenvalue weighted by molar-refractivity contribution is 0.0993. The molecule has 2 heterocycles. The van der Waals surface area contributed by atoms with Gasteiger partial charge in [0.2, 0.25) is 0 Å². The summed E-state index contributed by atoms with van der Waals surface area (Å²) >= 11 is 0. The molecule has 0 aliphatic heterocycles. The molecular weight excluding hydrogens is 368 g/mol. The summed E-state index contributed by atoms with van der Waals surface area (Å²) in [4.78, 5) is 12.7. The van der Waals surface area contributed by atoms with E-state index in [1.807, 2.05) is 66.1 Å². The second kappa shape index (κ2) is 8.43. The molecule has 4 aromatic rings. The van der Waals surface area contributed by atoms with Crippen molar-refractivity contribution < 1.29 is 13.9 Å². The van der Waals surface area contributed by atoms with E-state index in [0.29, 0.717) is 11.3 Å². The summed E-state index contributed by atoms with van der Waals surface area (Å²) in [6.07, 6.45) is 3.17. The highest BCUT2D eigenvalue weighted by molar-refractivity contribution is 6.03. The Morgan fingerprint density at radius 2 is 2.00 bits per heavy atom. The van der Waals surface area contributed by atoms with Crippen LogP contribution in [-0.2, 0) is 13.2 Å². The van der Waals surface area contributed by atoms with Crippen molar-refractivity contribution in [3.63, 3.8) is 0 Å². The fraction of sp³-hybridized carbons (Fsp3) is 0.136. The number of hydrogen-bond acceptors (Lipinski definition) is 5. The number of aromatic nitrogens is 3. The number of aryl methyl sites for hydroxylation is 1. The van der Waals surface area contributed by atoms with E-state index in [9.17, 15) is 4.79 Å². The predicted molar refractivity (Wildman–Crippen MR) is 109 cm³/mol. The van der Waals surface area contributed by atoms with Crippen LogP contribution in [0, 0.1) is 0 Å². The molecule has 0 radical (unpaired) electrons. The van der Waals surface area contributed by atoms with Gasteiger partial charge in [0.05, 0.1) is 6.26 Å². The van der Waals surface area contributed by atoms with E-state index in [2.05, 4.69) is 15.5 Å². The largest absolute Gasteiger partial charge is 0.489 e. The normalized spacial score (nSPS) is 10.7. The Hall–Kier alpha value is -3.87. The van der Waals surface area contributed by atoms with Crippen LogP contribution in [0.3, 0.4) is 0 Å². The Kier molecular flexibility index (Phi) is 5.38. The van der Waals surface area contributed by atoms with Crippen molar-refractivity contribution in [1.82, 2.24) is 14.8 Å². The zero-order valence-corrected chi connectivity index (χ0v) is 15.9. The number of anilines is 1. The van der Waals surface area contributed by atoms with Gasteiger partial charge in [-0.1, -0.05) is 30.3 Å². The number of ether oxygens (including phenoxy) is 1. The van der Waals surface area contributed by atoms with Crippen LogP contribution in [-0.4, -0.2) is 20.7 Å². The van der Waals surface area contributed by atoms with E-state index >= 15 is 0 Å². The number of nitrogens with zero attached hydrogens (tertiary/aromatic N) is 3. The first-order chi connectivity index (χ1) is 14.2. The summed E-state index contributed by atoms with van der Waals surface area (Å²) < 4.78 is 13.1. The molecule has 0 atom stereocenters. The molecule has 0 saturated carbocycles. The Morgan fingerprint density at radius 3 is 2.83 bits per heavy atom. The Bertz CT molecular complexity index is 1100. The molecule has 7 nitrogen and oxygen atoms in total. The van der Waals surface area contributed by atoms with Crippen molar-refractivity contribution in [1.29, 1.82) is 0 Å². The summed E-state index contributed by atoms with van der Waals surface area (Å²) in [5, 5.41) is 11.0. The maximum atomic E-state index is 12.7. The van der Waals surface area contributed by atoms with Gasteiger partial charge in [-0.05, 0) is 37.3 Å². The zero-order chi connectivity index (χ0) is 20.1. The van der Waals surface area contributed by atoms with Crippen molar-refractivity contribution >= 4 is 11.6 Å². The molecule has 1 N–H and O–H groups in total. The molecule has 146 valence electrons. The van der Waals surface area contributed by atoms with Crippen LogP contribution in [0.15, 0.2) is 77.7 Å². The number of nitrogens with one attached hydrogen (secondary N) is 1. The summed E-state index contributed by atoms with van der Waals surface area (Å²) in [5.74, 6) is 1.37. The molecule has 0 aliphatic rings. The molecule has 7 heteroatoms. The topological polar surface area (TPSA) is 82.2 Å². The SMILES string of the molecule is CCn1cnnc1-c1cccc(NC(=O)c2occc2COc2ccccc2)c1. The van der Waals surface area contributed by atoms with Gasteiger partial charge in [-0.2, -0.15) is 0 Å². The van der Waals surface area contributed by atoms with Gasteiger partial charge in [0.25, 0.3) is 5.91 Å². The van der Waals surface area contributed by atoms with E-state index < -0.39 is 0 Å². The first-order valence-electron chi connectivity index (χ1n) is 9.28. The van der Waals surface area contributed by atoms with Crippen molar-refractivity contribution in [3.8, 4) is 17.1 Å². The van der Waals surface area contributed by atoms with Crippen LogP contribution in [0.4, 0.5) is 5.69 Å². The molecule has 0 fully saturated rings. The average molecular weight is 388 g/mol. The molecule has 2 aromatic carbocycles. The smallest absolute Gasteiger partial charge is 0.291 e. The molecule has 2 aromatic heterocycles. The fourth-order valence-corrected chi connectivity index (χ4v) is 2.96. The number of hydrogen-bond donors (Lipinski definition) is 1. The third-order valence-electron chi connectivity index (χ3n) is 4.43. The minimum Gasteiger partial charge on any atom is -0.489 e. The first kappa shape index (κ1) is 18.5. The van der Waals surface area contributed by atoms with Crippen LogP contribution in [0.25, 0.3) is 11.4 Å². The predicted octanol–water partition coefficient (Wildman–Crippen LogP) is 4.39. The summed E-state index contributed by atoms with van der Waals surface area (Å²) in [6, 6.07) is 18.6. The van der Waals surface area contributed by atoms with E-state index in [0.717, 1.165) is 23.7 Å². The van der Waals surface area contributed by atoms with Crippen LogP contribution < -0.4 is 10.1 Å². The molecule has 4 rings (SSSR count). The number of furan rings is 1. The molecule has 0 bridgehead atoms. The van der Waals surface area contributed by atoms with E-state index in [1.54, 1.807) is 12.4 Å². The molecule has 0 aliphatic carbocycles. The monoisotopic (exact) mass is 388 g/mol. The van der Waals surface area contributed by atoms with Gasteiger partial charge >= 0.3 is 0 Å². The minimum atomic E-state index is -0.337. The third-order valence-corrected chi connectivity index (χ3v) is 4.43. The molecule has 1 amide bonds. The quantitative estimate of drug-likeness (QED) is 0.508. The van der Waals surface area contributed by atoms with Gasteiger partial charge in [0, 0.05) is 23.4 Å². The van der Waals surface area contributed by atoms with E-state index in [4.69, 9.17) is 9.15 Å². The van der Waals surface area contributed by atoms with Crippen molar-refractivity contribution in [2.75, 3.05) is 5.32 Å². The lowest BCUT2D eigenvalue weighted by Crippen LogP contribution is -2.13. The Labute approximate surface area is 168 Å². The maximum absolute atomic E-state index is 12.7. The van der Waals surface area contributed by atoms with Crippen molar-refractivity contribution in [2.24, 2.45) is 0 Å². The third kappa shape index (κ3) is 4.19.